The fraction of sp³-hybridized carbons (Fsp3) is 0.625. The van der Waals surface area contributed by atoms with Gasteiger partial charge in [0, 0.05) is 6.54 Å². The zero-order chi connectivity index (χ0) is 8.53. The number of hydrogen-bond acceptors (Lipinski definition) is 2. The van der Waals surface area contributed by atoms with Crippen molar-refractivity contribution in [1.29, 1.82) is 0 Å². The molecule has 0 aliphatic heterocycles. The molecule has 0 unspecified atom stereocenters. The van der Waals surface area contributed by atoms with Crippen LogP contribution in [-0.4, -0.2) is 24.5 Å². The van der Waals surface area contributed by atoms with Crippen molar-refractivity contribution >= 4 is 17.7 Å². The van der Waals surface area contributed by atoms with Crippen LogP contribution in [0.5, 0.6) is 0 Å². The molecule has 64 valence electrons. The van der Waals surface area contributed by atoms with Gasteiger partial charge in [-0.15, -0.1) is 0 Å². The first kappa shape index (κ1) is 10.6. The zero-order valence-corrected chi connectivity index (χ0v) is 7.75. The van der Waals surface area contributed by atoms with Crippen LogP contribution in [0.1, 0.15) is 12.8 Å². The standard InChI is InChI=1S/C8H15NOS/c1-3-8(10)9-6-4-5-7-11-2/h3H,1,4-7H2,2H3,(H,9,10). The molecule has 0 spiro atoms. The van der Waals surface area contributed by atoms with Crippen LogP contribution in [0.2, 0.25) is 0 Å². The molecule has 0 aliphatic rings. The van der Waals surface area contributed by atoms with Gasteiger partial charge in [-0.1, -0.05) is 6.58 Å². The lowest BCUT2D eigenvalue weighted by Gasteiger charge is -2.00. The first-order valence-corrected chi connectivity index (χ1v) is 5.10. The summed E-state index contributed by atoms with van der Waals surface area (Å²) in [5.41, 5.74) is 0. The zero-order valence-electron chi connectivity index (χ0n) is 6.93. The largest absolute Gasteiger partial charge is 0.353 e. The molecule has 0 bridgehead atoms. The van der Waals surface area contributed by atoms with E-state index in [1.165, 1.54) is 18.2 Å². The molecule has 2 nitrogen and oxygen atoms in total. The Bertz CT molecular complexity index is 125. The van der Waals surface area contributed by atoms with Crippen molar-refractivity contribution < 1.29 is 4.79 Å². The Labute approximate surface area is 72.4 Å². The number of rotatable bonds is 6. The molecule has 0 fully saturated rings. The maximum Gasteiger partial charge on any atom is 0.243 e. The first-order valence-electron chi connectivity index (χ1n) is 3.70. The third kappa shape index (κ3) is 7.46. The summed E-state index contributed by atoms with van der Waals surface area (Å²) in [6.07, 6.45) is 5.61. The van der Waals surface area contributed by atoms with E-state index in [0.717, 1.165) is 13.0 Å². The van der Waals surface area contributed by atoms with E-state index in [1.54, 1.807) is 0 Å². The van der Waals surface area contributed by atoms with Crippen LogP contribution in [0.4, 0.5) is 0 Å². The van der Waals surface area contributed by atoms with Gasteiger partial charge in [-0.25, -0.2) is 0 Å². The fourth-order valence-electron chi connectivity index (χ4n) is 0.655. The van der Waals surface area contributed by atoms with E-state index < -0.39 is 0 Å². The Morgan fingerprint density at radius 2 is 2.36 bits per heavy atom. The molecule has 11 heavy (non-hydrogen) atoms. The van der Waals surface area contributed by atoms with E-state index in [0.29, 0.717) is 0 Å². The molecule has 0 saturated carbocycles. The van der Waals surface area contributed by atoms with Crippen molar-refractivity contribution in [1.82, 2.24) is 5.32 Å². The van der Waals surface area contributed by atoms with Gasteiger partial charge in [0.15, 0.2) is 0 Å². The molecule has 0 aromatic heterocycles. The van der Waals surface area contributed by atoms with E-state index in [4.69, 9.17) is 0 Å². The maximum absolute atomic E-state index is 10.6. The summed E-state index contributed by atoms with van der Waals surface area (Å²) in [5.74, 6) is 1.10. The van der Waals surface area contributed by atoms with Crippen LogP contribution in [-0.2, 0) is 4.79 Å². The number of unbranched alkanes of at least 4 members (excludes halogenated alkanes) is 1. The highest BCUT2D eigenvalue weighted by atomic mass is 32.2. The van der Waals surface area contributed by atoms with Crippen LogP contribution >= 0.6 is 11.8 Å². The van der Waals surface area contributed by atoms with Crippen LogP contribution in [0.3, 0.4) is 0 Å². The Balaban J connectivity index is 3.01. The van der Waals surface area contributed by atoms with Gasteiger partial charge >= 0.3 is 0 Å². The second-order valence-electron chi connectivity index (χ2n) is 2.20. The summed E-state index contributed by atoms with van der Waals surface area (Å²) in [7, 11) is 0. The summed E-state index contributed by atoms with van der Waals surface area (Å²) >= 11 is 1.83. The van der Waals surface area contributed by atoms with Crippen LogP contribution in [0, 0.1) is 0 Å². The molecule has 0 radical (unpaired) electrons. The number of nitrogens with one attached hydrogen (secondary N) is 1. The van der Waals surface area contributed by atoms with Crippen LogP contribution in [0.25, 0.3) is 0 Å². The van der Waals surface area contributed by atoms with Gasteiger partial charge in [-0.3, -0.25) is 4.79 Å². The summed E-state index contributed by atoms with van der Waals surface area (Å²) in [5, 5.41) is 2.72. The van der Waals surface area contributed by atoms with Gasteiger partial charge in [-0.2, -0.15) is 11.8 Å². The van der Waals surface area contributed by atoms with Gasteiger partial charge in [-0.05, 0) is 30.9 Å². The molecular weight excluding hydrogens is 158 g/mol. The highest BCUT2D eigenvalue weighted by Crippen LogP contribution is 1.97. The second-order valence-corrected chi connectivity index (χ2v) is 3.18. The molecule has 0 rings (SSSR count). The normalized spacial score (nSPS) is 9.18. The van der Waals surface area contributed by atoms with Crippen molar-refractivity contribution in [3.05, 3.63) is 12.7 Å². The Morgan fingerprint density at radius 1 is 1.64 bits per heavy atom. The third-order valence-corrected chi connectivity index (χ3v) is 1.96. The summed E-state index contributed by atoms with van der Waals surface area (Å²) in [6.45, 7) is 4.13. The Morgan fingerprint density at radius 3 is 2.91 bits per heavy atom. The predicted molar refractivity (Wildman–Crippen MR) is 50.8 cm³/mol. The number of amides is 1. The van der Waals surface area contributed by atoms with Crippen LogP contribution in [0.15, 0.2) is 12.7 Å². The lowest BCUT2D eigenvalue weighted by Crippen LogP contribution is -2.21. The topological polar surface area (TPSA) is 29.1 Å². The monoisotopic (exact) mass is 173 g/mol. The summed E-state index contributed by atoms with van der Waals surface area (Å²) in [4.78, 5) is 10.6. The smallest absolute Gasteiger partial charge is 0.243 e. The van der Waals surface area contributed by atoms with Crippen molar-refractivity contribution in [3.63, 3.8) is 0 Å². The van der Waals surface area contributed by atoms with Gasteiger partial charge < -0.3 is 5.32 Å². The molecule has 1 amide bonds. The average Bonchev–Trinajstić information content (AvgIpc) is 2.04. The van der Waals surface area contributed by atoms with Gasteiger partial charge in [0.05, 0.1) is 0 Å². The molecule has 0 atom stereocenters. The number of hydrogen-bond donors (Lipinski definition) is 1. The molecule has 0 aromatic rings. The highest BCUT2D eigenvalue weighted by molar-refractivity contribution is 7.98. The third-order valence-electron chi connectivity index (χ3n) is 1.26. The van der Waals surface area contributed by atoms with Gasteiger partial charge in [0.1, 0.15) is 0 Å². The Kier molecular flexibility index (Phi) is 7.36. The lowest BCUT2D eigenvalue weighted by atomic mass is 10.3. The molecular formula is C8H15NOS. The fourth-order valence-corrected chi connectivity index (χ4v) is 1.15. The van der Waals surface area contributed by atoms with E-state index in [2.05, 4.69) is 18.2 Å². The number of carbonyl (C=O) groups is 1. The highest BCUT2D eigenvalue weighted by Gasteiger charge is 1.91. The molecule has 0 saturated heterocycles. The van der Waals surface area contributed by atoms with Gasteiger partial charge in [0.25, 0.3) is 0 Å². The Hall–Kier alpha value is -0.440. The summed E-state index contributed by atoms with van der Waals surface area (Å²) in [6, 6.07) is 0. The van der Waals surface area contributed by atoms with Crippen molar-refractivity contribution in [2.75, 3.05) is 18.6 Å². The van der Waals surface area contributed by atoms with E-state index in [-0.39, 0.29) is 5.91 Å². The molecule has 3 heteroatoms. The summed E-state index contributed by atoms with van der Waals surface area (Å²) < 4.78 is 0. The second kappa shape index (κ2) is 7.66. The minimum Gasteiger partial charge on any atom is -0.353 e. The van der Waals surface area contributed by atoms with Crippen LogP contribution < -0.4 is 5.32 Å². The first-order chi connectivity index (χ1) is 5.31. The van der Waals surface area contributed by atoms with Crippen molar-refractivity contribution in [2.24, 2.45) is 0 Å². The van der Waals surface area contributed by atoms with Crippen molar-refractivity contribution in [2.45, 2.75) is 12.8 Å². The quantitative estimate of drug-likeness (QED) is 0.486. The molecule has 1 N–H and O–H groups in total. The van der Waals surface area contributed by atoms with E-state index in [1.807, 2.05) is 11.8 Å². The van der Waals surface area contributed by atoms with E-state index >= 15 is 0 Å². The lowest BCUT2D eigenvalue weighted by molar-refractivity contribution is -0.116. The SMILES string of the molecule is C=CC(=O)NCCCCSC. The maximum atomic E-state index is 10.6. The number of carbonyl (C=O) groups excluding carboxylic acids is 1. The molecule has 0 aliphatic carbocycles. The predicted octanol–water partition coefficient (Wildman–Crippen LogP) is 1.43. The van der Waals surface area contributed by atoms with E-state index in [9.17, 15) is 4.79 Å². The number of thioether (sulfide) groups is 1. The molecule has 0 heterocycles. The van der Waals surface area contributed by atoms with Gasteiger partial charge in [0.2, 0.25) is 5.91 Å². The average molecular weight is 173 g/mol. The molecule has 0 aromatic carbocycles. The van der Waals surface area contributed by atoms with Crippen molar-refractivity contribution in [3.8, 4) is 0 Å². The minimum absolute atomic E-state index is 0.0749. The minimum atomic E-state index is -0.0749.